The molecule has 1 N–H and O–H groups in total. The molecule has 2 amide bonds. The molecular weight excluding hydrogens is 501 g/mol. The summed E-state index contributed by atoms with van der Waals surface area (Å²) >= 11 is 3.31. The van der Waals surface area contributed by atoms with Crippen LogP contribution in [0.4, 0.5) is 10.1 Å². The van der Waals surface area contributed by atoms with Gasteiger partial charge < -0.3 is 10.2 Å². The van der Waals surface area contributed by atoms with Gasteiger partial charge in [0.05, 0.1) is 11.9 Å². The summed E-state index contributed by atoms with van der Waals surface area (Å²) in [6.07, 6.45) is 1.75. The number of benzene rings is 2. The van der Waals surface area contributed by atoms with Crippen LogP contribution in [-0.4, -0.2) is 50.5 Å². The molecule has 0 aliphatic rings. The number of carbonyl (C=O) groups is 2. The maximum atomic E-state index is 13.3. The Labute approximate surface area is 196 Å². The van der Waals surface area contributed by atoms with Crippen LogP contribution in [-0.2, 0) is 26.2 Å². The van der Waals surface area contributed by atoms with E-state index in [9.17, 15) is 22.4 Å². The lowest BCUT2D eigenvalue weighted by Gasteiger charge is -2.31. The molecule has 0 bridgehead atoms. The van der Waals surface area contributed by atoms with Crippen molar-refractivity contribution in [3.05, 3.63) is 64.4 Å². The fourth-order valence-electron chi connectivity index (χ4n) is 3.01. The van der Waals surface area contributed by atoms with Crippen molar-refractivity contribution in [2.24, 2.45) is 0 Å². The Morgan fingerprint density at radius 2 is 1.81 bits per heavy atom. The number of halogens is 2. The summed E-state index contributed by atoms with van der Waals surface area (Å²) in [6, 6.07) is 11.3. The molecule has 10 heteroatoms. The van der Waals surface area contributed by atoms with E-state index in [1.165, 1.54) is 29.2 Å². The van der Waals surface area contributed by atoms with Gasteiger partial charge in [-0.25, -0.2) is 12.8 Å². The Hall–Kier alpha value is -2.46. The molecule has 0 heterocycles. The minimum atomic E-state index is -3.79. The van der Waals surface area contributed by atoms with Gasteiger partial charge in [0.2, 0.25) is 21.8 Å². The summed E-state index contributed by atoms with van der Waals surface area (Å²) in [6.45, 7) is 3.48. The van der Waals surface area contributed by atoms with Gasteiger partial charge in [0.25, 0.3) is 0 Å². The first-order chi connectivity index (χ1) is 15.0. The predicted octanol–water partition coefficient (Wildman–Crippen LogP) is 3.30. The van der Waals surface area contributed by atoms with Gasteiger partial charge in [-0.1, -0.05) is 41.1 Å². The quantitative estimate of drug-likeness (QED) is 0.513. The highest BCUT2D eigenvalue weighted by molar-refractivity contribution is 9.10. The van der Waals surface area contributed by atoms with E-state index in [0.29, 0.717) is 22.3 Å². The third-order valence-corrected chi connectivity index (χ3v) is 6.39. The molecule has 0 fully saturated rings. The fourth-order valence-corrected chi connectivity index (χ4v) is 4.24. The Kier molecular flexibility index (Phi) is 9.21. The number of nitrogens with zero attached hydrogens (tertiary/aromatic N) is 2. The van der Waals surface area contributed by atoms with E-state index in [1.54, 1.807) is 31.2 Å². The summed E-state index contributed by atoms with van der Waals surface area (Å²) in [7, 11) is -3.79. The van der Waals surface area contributed by atoms with Crippen LogP contribution in [0.15, 0.2) is 53.0 Å². The van der Waals surface area contributed by atoms with E-state index in [0.717, 1.165) is 17.0 Å². The molecule has 7 nitrogen and oxygen atoms in total. The first kappa shape index (κ1) is 25.8. The van der Waals surface area contributed by atoms with Crippen molar-refractivity contribution in [2.75, 3.05) is 23.7 Å². The summed E-state index contributed by atoms with van der Waals surface area (Å²) in [4.78, 5) is 27.2. The first-order valence-electron chi connectivity index (χ1n) is 10.1. The molecule has 0 saturated carbocycles. The zero-order valence-corrected chi connectivity index (χ0v) is 20.6. The molecule has 32 heavy (non-hydrogen) atoms. The lowest BCUT2D eigenvalue weighted by Crippen LogP contribution is -2.51. The number of hydrogen-bond donors (Lipinski definition) is 1. The third kappa shape index (κ3) is 7.30. The van der Waals surface area contributed by atoms with Crippen LogP contribution in [0.5, 0.6) is 0 Å². The van der Waals surface area contributed by atoms with Crippen LogP contribution < -0.4 is 9.62 Å². The molecule has 174 valence electrons. The highest BCUT2D eigenvalue weighted by Crippen LogP contribution is 2.23. The molecule has 0 aliphatic carbocycles. The third-order valence-electron chi connectivity index (χ3n) is 4.76. The first-order valence-corrected chi connectivity index (χ1v) is 12.7. The number of anilines is 1. The van der Waals surface area contributed by atoms with Gasteiger partial charge >= 0.3 is 0 Å². The fraction of sp³-hybridized carbons (Fsp3) is 0.364. The summed E-state index contributed by atoms with van der Waals surface area (Å²) in [5, 5.41) is 2.75. The normalized spacial score (nSPS) is 12.2. The van der Waals surface area contributed by atoms with Crippen molar-refractivity contribution in [3.8, 4) is 0 Å². The van der Waals surface area contributed by atoms with Crippen LogP contribution in [0.25, 0.3) is 0 Å². The molecule has 2 aromatic rings. The average molecular weight is 528 g/mol. The molecule has 0 aromatic heterocycles. The van der Waals surface area contributed by atoms with Crippen LogP contribution in [0.3, 0.4) is 0 Å². The minimum absolute atomic E-state index is 0.0237. The largest absolute Gasteiger partial charge is 0.354 e. The topological polar surface area (TPSA) is 86.8 Å². The van der Waals surface area contributed by atoms with Crippen molar-refractivity contribution in [3.63, 3.8) is 0 Å². The van der Waals surface area contributed by atoms with Crippen LogP contribution >= 0.6 is 15.9 Å². The number of carbonyl (C=O) groups excluding carboxylic acids is 2. The van der Waals surface area contributed by atoms with Gasteiger partial charge in [-0.05, 0) is 49.2 Å². The SMILES string of the molecule is CCCNC(=O)[C@H](C)N(Cc1ccc(F)cc1)C(=O)CN(c1cccc(Br)c1)S(C)(=O)=O. The van der Waals surface area contributed by atoms with Crippen molar-refractivity contribution in [2.45, 2.75) is 32.9 Å². The highest BCUT2D eigenvalue weighted by atomic mass is 79.9. The molecule has 0 unspecified atom stereocenters. The van der Waals surface area contributed by atoms with Gasteiger partial charge in [-0.3, -0.25) is 13.9 Å². The second kappa shape index (κ2) is 11.4. The Balaban J connectivity index is 2.35. The number of rotatable bonds is 10. The minimum Gasteiger partial charge on any atom is -0.354 e. The van der Waals surface area contributed by atoms with Crippen LogP contribution in [0.2, 0.25) is 0 Å². The van der Waals surface area contributed by atoms with E-state index in [4.69, 9.17) is 0 Å². The summed E-state index contributed by atoms with van der Waals surface area (Å²) < 4.78 is 39.9. The van der Waals surface area contributed by atoms with Crippen molar-refractivity contribution < 1.29 is 22.4 Å². The van der Waals surface area contributed by atoms with E-state index in [-0.39, 0.29) is 12.5 Å². The van der Waals surface area contributed by atoms with Crippen LogP contribution in [0, 0.1) is 5.82 Å². The van der Waals surface area contributed by atoms with Crippen molar-refractivity contribution in [1.82, 2.24) is 10.2 Å². The second-order valence-electron chi connectivity index (χ2n) is 7.36. The Morgan fingerprint density at radius 3 is 2.38 bits per heavy atom. The lowest BCUT2D eigenvalue weighted by atomic mass is 10.1. The number of sulfonamides is 1. The summed E-state index contributed by atoms with van der Waals surface area (Å²) in [5.74, 6) is -1.33. The number of nitrogens with one attached hydrogen (secondary N) is 1. The zero-order chi connectivity index (χ0) is 23.9. The number of amides is 2. The van der Waals surface area contributed by atoms with Gasteiger partial charge in [-0.2, -0.15) is 0 Å². The van der Waals surface area contributed by atoms with Crippen LogP contribution in [0.1, 0.15) is 25.8 Å². The maximum Gasteiger partial charge on any atom is 0.244 e. The molecular formula is C22H27BrFN3O4S. The number of hydrogen-bond acceptors (Lipinski definition) is 4. The molecule has 0 saturated heterocycles. The Morgan fingerprint density at radius 1 is 1.16 bits per heavy atom. The van der Waals surface area contributed by atoms with E-state index >= 15 is 0 Å². The molecule has 2 rings (SSSR count). The monoisotopic (exact) mass is 527 g/mol. The molecule has 0 aliphatic heterocycles. The maximum absolute atomic E-state index is 13.3. The predicted molar refractivity (Wildman–Crippen MR) is 126 cm³/mol. The van der Waals surface area contributed by atoms with Gasteiger partial charge in [0.1, 0.15) is 18.4 Å². The highest BCUT2D eigenvalue weighted by Gasteiger charge is 2.30. The van der Waals surface area contributed by atoms with Crippen molar-refractivity contribution in [1.29, 1.82) is 0 Å². The second-order valence-corrected chi connectivity index (χ2v) is 10.2. The van der Waals surface area contributed by atoms with E-state index in [1.807, 2.05) is 6.92 Å². The van der Waals surface area contributed by atoms with Gasteiger partial charge in [-0.15, -0.1) is 0 Å². The standard InChI is InChI=1S/C22H27BrFN3O4S/c1-4-12-25-22(29)16(2)26(14-17-8-10-19(24)11-9-17)21(28)15-27(32(3,30)31)20-7-5-6-18(23)13-20/h5-11,13,16H,4,12,14-15H2,1-3H3,(H,25,29)/t16-/m0/s1. The average Bonchev–Trinajstić information content (AvgIpc) is 2.73. The van der Waals surface area contributed by atoms with Gasteiger partial charge in [0, 0.05) is 17.6 Å². The smallest absolute Gasteiger partial charge is 0.244 e. The van der Waals surface area contributed by atoms with Gasteiger partial charge in [0.15, 0.2) is 0 Å². The molecule has 0 radical (unpaired) electrons. The Bertz CT molecular complexity index is 1050. The van der Waals surface area contributed by atoms with E-state index in [2.05, 4.69) is 21.2 Å². The van der Waals surface area contributed by atoms with Crippen molar-refractivity contribution >= 4 is 43.5 Å². The lowest BCUT2D eigenvalue weighted by molar-refractivity contribution is -0.139. The molecule has 2 aromatic carbocycles. The summed E-state index contributed by atoms with van der Waals surface area (Å²) in [5.41, 5.74) is 0.934. The molecule has 0 spiro atoms. The zero-order valence-electron chi connectivity index (χ0n) is 18.2. The van der Waals surface area contributed by atoms with E-state index < -0.39 is 34.3 Å². The molecule has 1 atom stereocenters.